The summed E-state index contributed by atoms with van der Waals surface area (Å²) < 4.78 is 5.91. The van der Waals surface area contributed by atoms with Gasteiger partial charge in [0.15, 0.2) is 5.75 Å². The summed E-state index contributed by atoms with van der Waals surface area (Å²) in [5.74, 6) is 1.69. The Kier molecular flexibility index (Phi) is 11.1. The number of nitrogens with one attached hydrogen (secondary N) is 1. The van der Waals surface area contributed by atoms with Gasteiger partial charge in [0.25, 0.3) is 0 Å². The molecule has 1 atom stereocenters. The largest absolute Gasteiger partial charge is 0.491 e. The number of ether oxygens (including phenoxy) is 1. The predicted octanol–water partition coefficient (Wildman–Crippen LogP) is 4.41. The van der Waals surface area contributed by atoms with Crippen molar-refractivity contribution >= 4 is 11.8 Å². The smallest absolute Gasteiger partial charge is 0.371 e. The first-order chi connectivity index (χ1) is 19.5. The van der Waals surface area contributed by atoms with Gasteiger partial charge in [-0.15, -0.1) is 0 Å². The van der Waals surface area contributed by atoms with Crippen LogP contribution < -0.4 is 20.7 Å². The second-order valence-corrected chi connectivity index (χ2v) is 10.3. The molecule has 4 rings (SSSR count). The number of hydrogen-bond acceptors (Lipinski definition) is 9. The first kappa shape index (κ1) is 29.3. The third kappa shape index (κ3) is 9.20. The Morgan fingerprint density at radius 3 is 2.77 bits per heavy atom. The molecule has 3 aromatic rings. The van der Waals surface area contributed by atoms with Crippen LogP contribution in [-0.4, -0.2) is 59.7 Å². The Hall–Kier alpha value is -3.69. The van der Waals surface area contributed by atoms with E-state index in [0.717, 1.165) is 73.7 Å². The van der Waals surface area contributed by atoms with Gasteiger partial charge in [0.1, 0.15) is 24.2 Å². The molecule has 40 heavy (non-hydrogen) atoms. The highest BCUT2D eigenvalue weighted by Gasteiger charge is 2.19. The number of aryl methyl sites for hydroxylation is 4. The number of anilines is 1. The quantitative estimate of drug-likeness (QED) is 0.162. The SMILES string of the molecule is Cc1ccc(OCCN(CCCCc2ccc3c(n2)NCCC3)CC[C@H](N)C(=O)OOc2ccccc2C)cn1. The summed E-state index contributed by atoms with van der Waals surface area (Å²) in [7, 11) is 0. The number of rotatable bonds is 15. The van der Waals surface area contributed by atoms with Crippen molar-refractivity contribution in [3.05, 3.63) is 77.2 Å². The van der Waals surface area contributed by atoms with Crippen LogP contribution in [0.15, 0.2) is 54.7 Å². The third-order valence-corrected chi connectivity index (χ3v) is 7.04. The first-order valence-electron chi connectivity index (χ1n) is 14.2. The van der Waals surface area contributed by atoms with E-state index >= 15 is 0 Å². The second-order valence-electron chi connectivity index (χ2n) is 10.3. The van der Waals surface area contributed by atoms with Crippen LogP contribution in [0, 0.1) is 13.8 Å². The van der Waals surface area contributed by atoms with Crippen molar-refractivity contribution in [3.63, 3.8) is 0 Å². The zero-order valence-electron chi connectivity index (χ0n) is 23.6. The summed E-state index contributed by atoms with van der Waals surface area (Å²) in [6, 6.07) is 14.8. The van der Waals surface area contributed by atoms with Gasteiger partial charge in [-0.25, -0.2) is 14.7 Å². The molecule has 0 spiro atoms. The first-order valence-corrected chi connectivity index (χ1v) is 14.2. The van der Waals surface area contributed by atoms with E-state index < -0.39 is 12.0 Å². The van der Waals surface area contributed by atoms with Crippen molar-refractivity contribution in [3.8, 4) is 11.5 Å². The Morgan fingerprint density at radius 1 is 1.07 bits per heavy atom. The minimum atomic E-state index is -0.791. The van der Waals surface area contributed by atoms with Crippen LogP contribution in [0.5, 0.6) is 11.5 Å². The highest BCUT2D eigenvalue weighted by atomic mass is 17.2. The van der Waals surface area contributed by atoms with Crippen LogP contribution in [-0.2, 0) is 22.5 Å². The average Bonchev–Trinajstić information content (AvgIpc) is 2.97. The maximum atomic E-state index is 12.5. The number of unbranched alkanes of at least 4 members (excludes halogenated alkanes) is 1. The lowest BCUT2D eigenvalue weighted by molar-refractivity contribution is -0.215. The number of carbonyl (C=O) groups is 1. The lowest BCUT2D eigenvalue weighted by Gasteiger charge is -2.23. The van der Waals surface area contributed by atoms with Crippen molar-refractivity contribution < 1.29 is 19.3 Å². The van der Waals surface area contributed by atoms with Gasteiger partial charge in [0.05, 0.1) is 6.20 Å². The zero-order chi connectivity index (χ0) is 28.2. The fraction of sp³-hybridized carbons (Fsp3) is 0.452. The molecule has 1 aliphatic rings. The number of aromatic nitrogens is 2. The van der Waals surface area contributed by atoms with Crippen LogP contribution in [0.3, 0.4) is 0 Å². The van der Waals surface area contributed by atoms with E-state index in [1.807, 2.05) is 44.2 Å². The van der Waals surface area contributed by atoms with E-state index in [0.29, 0.717) is 31.9 Å². The van der Waals surface area contributed by atoms with Crippen LogP contribution in [0.4, 0.5) is 5.82 Å². The van der Waals surface area contributed by atoms with Crippen molar-refractivity contribution in [2.45, 2.75) is 58.4 Å². The van der Waals surface area contributed by atoms with Crippen molar-refractivity contribution in [1.82, 2.24) is 14.9 Å². The lowest BCUT2D eigenvalue weighted by atomic mass is 10.1. The van der Waals surface area contributed by atoms with Crippen LogP contribution in [0.1, 0.15) is 48.2 Å². The number of fused-ring (bicyclic) bond motifs is 1. The molecule has 1 aromatic carbocycles. The van der Waals surface area contributed by atoms with Crippen molar-refractivity contribution in [1.29, 1.82) is 0 Å². The standard InChI is InChI=1S/C31H41N5O4/c1-23-8-3-4-11-29(23)39-40-31(37)28(32)16-19-36(20-21-38-27-15-12-24(2)34-22-27)18-6-5-10-26-14-13-25-9-7-17-33-30(25)35-26/h3-4,8,11-15,22,28H,5-7,9-10,16-21,32H2,1-2H3,(H,33,35)/t28-/m0/s1. The fourth-order valence-corrected chi connectivity index (χ4v) is 4.55. The number of benzene rings is 1. The molecule has 0 bridgehead atoms. The molecule has 0 saturated heterocycles. The molecular weight excluding hydrogens is 506 g/mol. The van der Waals surface area contributed by atoms with Gasteiger partial charge < -0.3 is 15.8 Å². The van der Waals surface area contributed by atoms with Gasteiger partial charge in [-0.05, 0) is 94.3 Å². The molecule has 0 radical (unpaired) electrons. The highest BCUT2D eigenvalue weighted by molar-refractivity contribution is 5.75. The highest BCUT2D eigenvalue weighted by Crippen LogP contribution is 2.20. The summed E-state index contributed by atoms with van der Waals surface area (Å²) in [5, 5.41) is 3.41. The number of pyridine rings is 2. The molecule has 9 heteroatoms. The van der Waals surface area contributed by atoms with E-state index in [-0.39, 0.29) is 0 Å². The van der Waals surface area contributed by atoms with Gasteiger partial charge >= 0.3 is 5.97 Å². The van der Waals surface area contributed by atoms with Crippen molar-refractivity contribution in [2.24, 2.45) is 5.73 Å². The van der Waals surface area contributed by atoms with E-state index in [9.17, 15) is 4.79 Å². The zero-order valence-corrected chi connectivity index (χ0v) is 23.6. The molecule has 0 unspecified atom stereocenters. The summed E-state index contributed by atoms with van der Waals surface area (Å²) >= 11 is 0. The molecular formula is C31H41N5O4. The summed E-state index contributed by atoms with van der Waals surface area (Å²) in [6.45, 7) is 7.54. The second kappa shape index (κ2) is 15.2. The maximum Gasteiger partial charge on any atom is 0.371 e. The number of hydrogen-bond donors (Lipinski definition) is 2. The molecule has 0 amide bonds. The maximum absolute atomic E-state index is 12.5. The summed E-state index contributed by atoms with van der Waals surface area (Å²) in [5.41, 5.74) is 10.4. The monoisotopic (exact) mass is 547 g/mol. The normalized spacial score (nSPS) is 13.3. The van der Waals surface area contributed by atoms with Gasteiger partial charge in [0.2, 0.25) is 0 Å². The molecule has 0 saturated carbocycles. The number of para-hydroxylation sites is 1. The molecule has 0 fully saturated rings. The van der Waals surface area contributed by atoms with Gasteiger partial charge in [-0.3, -0.25) is 14.8 Å². The van der Waals surface area contributed by atoms with E-state index in [2.05, 4.69) is 27.3 Å². The Bertz CT molecular complexity index is 1220. The van der Waals surface area contributed by atoms with Gasteiger partial charge in [-0.1, -0.05) is 24.3 Å². The summed E-state index contributed by atoms with van der Waals surface area (Å²) in [6.07, 6.45) is 7.38. The Labute approximate surface area is 237 Å². The number of nitrogens with zero attached hydrogens (tertiary/aromatic N) is 3. The Balaban J connectivity index is 1.24. The van der Waals surface area contributed by atoms with E-state index in [4.69, 9.17) is 25.2 Å². The van der Waals surface area contributed by atoms with Crippen LogP contribution in [0.25, 0.3) is 0 Å². The number of carbonyl (C=O) groups excluding carboxylic acids is 1. The number of nitrogens with two attached hydrogens (primary N) is 1. The van der Waals surface area contributed by atoms with E-state index in [1.54, 1.807) is 12.3 Å². The fourth-order valence-electron chi connectivity index (χ4n) is 4.55. The Morgan fingerprint density at radius 2 is 1.95 bits per heavy atom. The summed E-state index contributed by atoms with van der Waals surface area (Å²) in [4.78, 5) is 34.1. The molecule has 9 nitrogen and oxygen atoms in total. The van der Waals surface area contributed by atoms with Crippen LogP contribution in [0.2, 0.25) is 0 Å². The van der Waals surface area contributed by atoms with Crippen LogP contribution >= 0.6 is 0 Å². The minimum Gasteiger partial charge on any atom is -0.491 e. The average molecular weight is 548 g/mol. The molecule has 3 N–H and O–H groups in total. The topological polar surface area (TPSA) is 112 Å². The molecule has 3 heterocycles. The molecule has 0 aliphatic carbocycles. The van der Waals surface area contributed by atoms with Crippen molar-refractivity contribution in [2.75, 3.05) is 38.1 Å². The predicted molar refractivity (Wildman–Crippen MR) is 155 cm³/mol. The molecule has 2 aromatic heterocycles. The minimum absolute atomic E-state index is 0.445. The van der Waals surface area contributed by atoms with Gasteiger partial charge in [0, 0.05) is 31.0 Å². The third-order valence-electron chi connectivity index (χ3n) is 7.04. The molecule has 214 valence electrons. The molecule has 1 aliphatic heterocycles. The van der Waals surface area contributed by atoms with Gasteiger partial charge in [-0.2, -0.15) is 0 Å². The van der Waals surface area contributed by atoms with E-state index in [1.165, 1.54) is 5.56 Å². The lowest BCUT2D eigenvalue weighted by Crippen LogP contribution is -2.38.